The van der Waals surface area contributed by atoms with E-state index in [0.717, 1.165) is 0 Å². The van der Waals surface area contributed by atoms with Gasteiger partial charge in [0, 0.05) is 11.6 Å². The van der Waals surface area contributed by atoms with Crippen LogP contribution in [-0.4, -0.2) is 29.1 Å². The maximum absolute atomic E-state index is 11.3. The van der Waals surface area contributed by atoms with Gasteiger partial charge in [-0.3, -0.25) is 4.98 Å². The maximum Gasteiger partial charge on any atom is 0.340 e. The molecule has 0 unspecified atom stereocenters. The number of pyridine rings is 1. The lowest BCUT2D eigenvalue weighted by molar-refractivity contribution is 0.0602. The topological polar surface area (TPSA) is 76.5 Å². The average molecular weight is 237 g/mol. The molecule has 2 aromatic heterocycles. The third-order valence-electron chi connectivity index (χ3n) is 2.06. The van der Waals surface area contributed by atoms with Crippen LogP contribution in [0.4, 0.5) is 0 Å². The van der Waals surface area contributed by atoms with Gasteiger partial charge in [-0.2, -0.15) is 0 Å². The molecule has 0 radical (unpaired) electrons. The van der Waals surface area contributed by atoms with E-state index in [1.165, 1.54) is 30.7 Å². The van der Waals surface area contributed by atoms with Crippen molar-refractivity contribution < 1.29 is 19.4 Å². The van der Waals surface area contributed by atoms with Gasteiger partial charge in [-0.05, 0) is 6.07 Å². The van der Waals surface area contributed by atoms with Crippen molar-refractivity contribution in [2.75, 3.05) is 7.11 Å². The van der Waals surface area contributed by atoms with Gasteiger partial charge in [-0.1, -0.05) is 0 Å². The minimum Gasteiger partial charge on any atom is -0.478 e. The number of ether oxygens (including phenoxy) is 1. The molecule has 82 valence electrons. The van der Waals surface area contributed by atoms with Crippen molar-refractivity contribution >= 4 is 33.5 Å². The zero-order chi connectivity index (χ0) is 11.7. The van der Waals surface area contributed by atoms with E-state index in [1.54, 1.807) is 5.38 Å². The Labute approximate surface area is 94.3 Å². The average Bonchev–Trinajstić information content (AvgIpc) is 2.70. The molecule has 6 heteroatoms. The standard InChI is InChI=1S/C10H7NO4S/c1-15-10(14)6-4-16-7-2-5(9(12)13)3-11-8(6)7/h2-4H,1H3,(H,12,13). The number of thiophene rings is 1. The summed E-state index contributed by atoms with van der Waals surface area (Å²) >= 11 is 1.26. The minimum atomic E-state index is -1.04. The number of rotatable bonds is 2. The Hall–Kier alpha value is -1.95. The first-order valence-corrected chi connectivity index (χ1v) is 5.20. The number of carbonyl (C=O) groups excluding carboxylic acids is 1. The first kappa shape index (κ1) is 10.6. The summed E-state index contributed by atoms with van der Waals surface area (Å²) in [4.78, 5) is 26.0. The van der Waals surface area contributed by atoms with Crippen LogP contribution in [0.25, 0.3) is 10.2 Å². The highest BCUT2D eigenvalue weighted by Crippen LogP contribution is 2.25. The van der Waals surface area contributed by atoms with Crippen molar-refractivity contribution in [3.05, 3.63) is 28.8 Å². The zero-order valence-corrected chi connectivity index (χ0v) is 9.08. The second-order valence-electron chi connectivity index (χ2n) is 3.02. The third kappa shape index (κ3) is 1.63. The quantitative estimate of drug-likeness (QED) is 0.805. The normalized spacial score (nSPS) is 10.3. The number of aromatic nitrogens is 1. The molecule has 0 saturated carbocycles. The van der Waals surface area contributed by atoms with Crippen molar-refractivity contribution in [1.29, 1.82) is 0 Å². The number of hydrogen-bond donors (Lipinski definition) is 1. The molecule has 0 fully saturated rings. The first-order valence-electron chi connectivity index (χ1n) is 4.32. The van der Waals surface area contributed by atoms with E-state index < -0.39 is 11.9 Å². The Morgan fingerprint density at radius 3 is 2.88 bits per heavy atom. The van der Waals surface area contributed by atoms with E-state index in [2.05, 4.69) is 9.72 Å². The molecule has 0 aromatic carbocycles. The molecular formula is C10H7NO4S. The molecule has 16 heavy (non-hydrogen) atoms. The highest BCUT2D eigenvalue weighted by molar-refractivity contribution is 7.17. The van der Waals surface area contributed by atoms with Gasteiger partial charge in [0.25, 0.3) is 0 Å². The van der Waals surface area contributed by atoms with Crippen LogP contribution in [0.1, 0.15) is 20.7 Å². The van der Waals surface area contributed by atoms with Gasteiger partial charge < -0.3 is 9.84 Å². The van der Waals surface area contributed by atoms with Crippen LogP contribution >= 0.6 is 11.3 Å². The minimum absolute atomic E-state index is 0.103. The number of carboxylic acids is 1. The fourth-order valence-electron chi connectivity index (χ4n) is 1.29. The number of carboxylic acid groups (broad SMARTS) is 1. The van der Waals surface area contributed by atoms with Crippen LogP contribution in [0, 0.1) is 0 Å². The Morgan fingerprint density at radius 2 is 2.25 bits per heavy atom. The summed E-state index contributed by atoms with van der Waals surface area (Å²) in [7, 11) is 1.29. The third-order valence-corrected chi connectivity index (χ3v) is 2.98. The first-order chi connectivity index (χ1) is 7.63. The van der Waals surface area contributed by atoms with Gasteiger partial charge in [0.2, 0.25) is 0 Å². The van der Waals surface area contributed by atoms with Crippen molar-refractivity contribution in [1.82, 2.24) is 4.98 Å². The summed E-state index contributed by atoms with van der Waals surface area (Å²) in [5, 5.41) is 10.4. The zero-order valence-electron chi connectivity index (χ0n) is 8.26. The van der Waals surface area contributed by atoms with E-state index in [4.69, 9.17) is 5.11 Å². The molecule has 0 bridgehead atoms. The van der Waals surface area contributed by atoms with E-state index >= 15 is 0 Å². The Morgan fingerprint density at radius 1 is 1.50 bits per heavy atom. The van der Waals surface area contributed by atoms with Crippen molar-refractivity contribution in [3.8, 4) is 0 Å². The Balaban J connectivity index is 2.59. The molecule has 0 spiro atoms. The number of fused-ring (bicyclic) bond motifs is 1. The van der Waals surface area contributed by atoms with E-state index in [9.17, 15) is 9.59 Å². The predicted molar refractivity (Wildman–Crippen MR) is 57.9 cm³/mol. The van der Waals surface area contributed by atoms with Crippen LogP contribution in [0.3, 0.4) is 0 Å². The summed E-state index contributed by atoms with van der Waals surface area (Å²) in [6.07, 6.45) is 1.23. The van der Waals surface area contributed by atoms with Gasteiger partial charge in [0.1, 0.15) is 0 Å². The molecule has 2 heterocycles. The van der Waals surface area contributed by atoms with Gasteiger partial charge >= 0.3 is 11.9 Å². The van der Waals surface area contributed by atoms with Crippen LogP contribution in [0.2, 0.25) is 0 Å². The van der Waals surface area contributed by atoms with Crippen molar-refractivity contribution in [2.45, 2.75) is 0 Å². The fourth-order valence-corrected chi connectivity index (χ4v) is 2.21. The van der Waals surface area contributed by atoms with E-state index in [1.807, 2.05) is 0 Å². The number of hydrogen-bond acceptors (Lipinski definition) is 5. The highest BCUT2D eigenvalue weighted by Gasteiger charge is 2.15. The Bertz CT molecular complexity index is 575. The van der Waals surface area contributed by atoms with E-state index in [0.29, 0.717) is 15.8 Å². The van der Waals surface area contributed by atoms with Gasteiger partial charge in [0.05, 0.1) is 28.5 Å². The summed E-state index contributed by atoms with van der Waals surface area (Å²) in [5.41, 5.74) is 0.937. The summed E-state index contributed by atoms with van der Waals surface area (Å²) < 4.78 is 5.24. The molecule has 2 aromatic rings. The monoisotopic (exact) mass is 237 g/mol. The number of esters is 1. The molecular weight excluding hydrogens is 230 g/mol. The van der Waals surface area contributed by atoms with Gasteiger partial charge in [-0.25, -0.2) is 9.59 Å². The molecule has 2 rings (SSSR count). The lowest BCUT2D eigenvalue weighted by Gasteiger charge is -1.97. The summed E-state index contributed by atoms with van der Waals surface area (Å²) in [6.45, 7) is 0. The number of methoxy groups -OCH3 is 1. The molecule has 0 atom stereocenters. The van der Waals surface area contributed by atoms with Crippen LogP contribution in [-0.2, 0) is 4.74 Å². The fraction of sp³-hybridized carbons (Fsp3) is 0.100. The van der Waals surface area contributed by atoms with Gasteiger partial charge in [0.15, 0.2) is 0 Å². The molecule has 5 nitrogen and oxygen atoms in total. The molecule has 0 aliphatic rings. The lowest BCUT2D eigenvalue weighted by Crippen LogP contribution is -2.01. The SMILES string of the molecule is COC(=O)c1csc2cc(C(=O)O)cnc12. The molecule has 0 aliphatic carbocycles. The smallest absolute Gasteiger partial charge is 0.340 e. The highest BCUT2D eigenvalue weighted by atomic mass is 32.1. The molecule has 0 amide bonds. The Kier molecular flexibility index (Phi) is 2.57. The number of carbonyl (C=O) groups is 2. The molecule has 1 N–H and O–H groups in total. The second kappa shape index (κ2) is 3.90. The number of nitrogens with zero attached hydrogens (tertiary/aromatic N) is 1. The lowest BCUT2D eigenvalue weighted by atomic mass is 10.2. The van der Waals surface area contributed by atoms with E-state index in [-0.39, 0.29) is 5.56 Å². The van der Waals surface area contributed by atoms with Crippen LogP contribution in [0.15, 0.2) is 17.6 Å². The molecule has 0 saturated heterocycles. The predicted octanol–water partition coefficient (Wildman–Crippen LogP) is 1.78. The second-order valence-corrected chi connectivity index (χ2v) is 3.93. The largest absolute Gasteiger partial charge is 0.478 e. The van der Waals surface area contributed by atoms with Crippen LogP contribution in [0.5, 0.6) is 0 Å². The summed E-state index contributed by atoms with van der Waals surface area (Å²) in [5.74, 6) is -1.51. The van der Waals surface area contributed by atoms with Crippen molar-refractivity contribution in [2.24, 2.45) is 0 Å². The van der Waals surface area contributed by atoms with Gasteiger partial charge in [-0.15, -0.1) is 11.3 Å². The van der Waals surface area contributed by atoms with Crippen LogP contribution < -0.4 is 0 Å². The maximum atomic E-state index is 11.3. The number of aromatic carboxylic acids is 1. The summed E-state index contributed by atoms with van der Waals surface area (Å²) in [6, 6.07) is 1.49. The van der Waals surface area contributed by atoms with Crippen molar-refractivity contribution in [3.63, 3.8) is 0 Å². The molecule has 0 aliphatic heterocycles.